The molecule has 2 aliphatic heterocycles. The van der Waals surface area contributed by atoms with E-state index in [1.807, 2.05) is 11.8 Å². The van der Waals surface area contributed by atoms with E-state index >= 15 is 0 Å². The minimum atomic E-state index is -0.360. The molecule has 3 heterocycles. The molecule has 1 saturated heterocycles. The van der Waals surface area contributed by atoms with Gasteiger partial charge in [0.2, 0.25) is 5.91 Å². The van der Waals surface area contributed by atoms with E-state index in [0.29, 0.717) is 31.7 Å². The summed E-state index contributed by atoms with van der Waals surface area (Å²) in [6, 6.07) is 16.4. The first kappa shape index (κ1) is 23.7. The zero-order valence-corrected chi connectivity index (χ0v) is 20.9. The summed E-state index contributed by atoms with van der Waals surface area (Å²) in [5.74, 6) is -0.382. The van der Waals surface area contributed by atoms with Crippen LogP contribution in [0.25, 0.3) is 0 Å². The van der Waals surface area contributed by atoms with Gasteiger partial charge in [0.1, 0.15) is 5.82 Å². The lowest BCUT2D eigenvalue weighted by Crippen LogP contribution is -2.57. The third kappa shape index (κ3) is 4.88. The molecule has 0 saturated carbocycles. The van der Waals surface area contributed by atoms with E-state index in [2.05, 4.69) is 47.5 Å². The van der Waals surface area contributed by atoms with Crippen molar-refractivity contribution < 1.29 is 14.0 Å². The van der Waals surface area contributed by atoms with Crippen LogP contribution >= 0.6 is 11.3 Å². The molecule has 2 atom stereocenters. The van der Waals surface area contributed by atoms with E-state index < -0.39 is 0 Å². The first-order chi connectivity index (χ1) is 16.9. The fourth-order valence-corrected chi connectivity index (χ4v) is 6.10. The molecule has 0 radical (unpaired) electrons. The normalized spacial score (nSPS) is 20.5. The molecule has 2 aliphatic rings. The van der Waals surface area contributed by atoms with Crippen molar-refractivity contribution in [2.75, 3.05) is 32.7 Å². The number of halogens is 1. The molecule has 0 aliphatic carbocycles. The van der Waals surface area contributed by atoms with Gasteiger partial charge in [-0.05, 0) is 67.1 Å². The predicted molar refractivity (Wildman–Crippen MR) is 136 cm³/mol. The summed E-state index contributed by atoms with van der Waals surface area (Å²) in [6.07, 6.45) is 0.957. The van der Waals surface area contributed by atoms with Crippen molar-refractivity contribution in [3.63, 3.8) is 0 Å². The molecule has 0 spiro atoms. The highest BCUT2D eigenvalue weighted by atomic mass is 32.1. The number of rotatable bonds is 4. The largest absolute Gasteiger partial charge is 0.338 e. The minimum Gasteiger partial charge on any atom is -0.338 e. The number of amides is 2. The van der Waals surface area contributed by atoms with Gasteiger partial charge in [-0.25, -0.2) is 4.39 Å². The molecule has 1 aromatic heterocycles. The van der Waals surface area contributed by atoms with Crippen molar-refractivity contribution in [2.45, 2.75) is 32.4 Å². The smallest absolute Gasteiger partial charge is 0.254 e. The highest BCUT2D eigenvalue weighted by molar-refractivity contribution is 7.10. The van der Waals surface area contributed by atoms with Gasteiger partial charge < -0.3 is 9.80 Å². The number of fused-ring (bicyclic) bond motifs is 1. The predicted octanol–water partition coefficient (Wildman–Crippen LogP) is 4.52. The van der Waals surface area contributed by atoms with Crippen molar-refractivity contribution in [2.24, 2.45) is 0 Å². The molecular weight excluding hydrogens is 461 g/mol. The number of piperazine rings is 1. The summed E-state index contributed by atoms with van der Waals surface area (Å²) in [6.45, 7) is 6.72. The molecule has 2 unspecified atom stereocenters. The molecule has 35 heavy (non-hydrogen) atoms. The first-order valence-electron chi connectivity index (χ1n) is 12.1. The quantitative estimate of drug-likeness (QED) is 0.539. The third-order valence-electron chi connectivity index (χ3n) is 7.13. The standard InChI is InChI=1S/C28H30FN3O2S/c1-19-3-5-21(6-4-19)27-24-12-16-35-25(24)11-13-31(27)18-26(33)30-14-15-32(20(2)17-30)28(34)22-7-9-23(29)10-8-22/h3-10,12,16,20,27H,11,13-15,17-18H2,1-2H3. The number of carbonyl (C=O) groups is 2. The van der Waals surface area contributed by atoms with Gasteiger partial charge in [-0.1, -0.05) is 29.8 Å². The second kappa shape index (κ2) is 9.91. The van der Waals surface area contributed by atoms with Gasteiger partial charge in [0.05, 0.1) is 12.6 Å². The van der Waals surface area contributed by atoms with E-state index in [0.717, 1.165) is 13.0 Å². The molecular formula is C28H30FN3O2S. The Balaban J connectivity index is 1.27. The molecule has 0 bridgehead atoms. The van der Waals surface area contributed by atoms with Crippen LogP contribution in [0, 0.1) is 12.7 Å². The van der Waals surface area contributed by atoms with Gasteiger partial charge in [-0.3, -0.25) is 14.5 Å². The monoisotopic (exact) mass is 491 g/mol. The summed E-state index contributed by atoms with van der Waals surface area (Å²) >= 11 is 1.80. The number of hydrogen-bond acceptors (Lipinski definition) is 4. The second-order valence-corrected chi connectivity index (χ2v) is 10.5. The number of aryl methyl sites for hydroxylation is 1. The maximum atomic E-state index is 13.4. The van der Waals surface area contributed by atoms with Gasteiger partial charge in [0.25, 0.3) is 5.91 Å². The maximum absolute atomic E-state index is 13.4. The molecule has 7 heteroatoms. The average Bonchev–Trinajstić information content (AvgIpc) is 3.33. The van der Waals surface area contributed by atoms with Crippen LogP contribution < -0.4 is 0 Å². The lowest BCUT2D eigenvalue weighted by molar-refractivity contribution is -0.135. The fraction of sp³-hybridized carbons (Fsp3) is 0.357. The van der Waals surface area contributed by atoms with Crippen LogP contribution in [0.2, 0.25) is 0 Å². The summed E-state index contributed by atoms with van der Waals surface area (Å²) in [5.41, 5.74) is 4.21. The topological polar surface area (TPSA) is 43.9 Å². The lowest BCUT2D eigenvalue weighted by atomic mass is 9.92. The van der Waals surface area contributed by atoms with E-state index in [4.69, 9.17) is 0 Å². The van der Waals surface area contributed by atoms with Crippen molar-refractivity contribution in [3.8, 4) is 0 Å². The van der Waals surface area contributed by atoms with E-state index in [9.17, 15) is 14.0 Å². The van der Waals surface area contributed by atoms with Gasteiger partial charge in [-0.2, -0.15) is 0 Å². The minimum absolute atomic E-state index is 0.0771. The van der Waals surface area contributed by atoms with Crippen LogP contribution in [0.1, 0.15) is 44.9 Å². The highest BCUT2D eigenvalue weighted by Crippen LogP contribution is 2.37. The maximum Gasteiger partial charge on any atom is 0.254 e. The van der Waals surface area contributed by atoms with Gasteiger partial charge in [-0.15, -0.1) is 11.3 Å². The molecule has 2 aromatic carbocycles. The first-order valence-corrected chi connectivity index (χ1v) is 13.0. The number of benzene rings is 2. The SMILES string of the molecule is Cc1ccc(C2c3ccsc3CCN2CC(=O)N2CCN(C(=O)c3ccc(F)cc3)C(C)C2)cc1. The fourth-order valence-electron chi connectivity index (χ4n) is 5.20. The Hall–Kier alpha value is -3.03. The zero-order chi connectivity index (χ0) is 24.5. The summed E-state index contributed by atoms with van der Waals surface area (Å²) in [4.78, 5) is 33.7. The Kier molecular flexibility index (Phi) is 6.71. The lowest BCUT2D eigenvalue weighted by Gasteiger charge is -2.42. The molecule has 0 N–H and O–H groups in total. The Labute approximate surface area is 209 Å². The summed E-state index contributed by atoms with van der Waals surface area (Å²) in [5, 5.41) is 2.15. The molecule has 5 rings (SSSR count). The highest BCUT2D eigenvalue weighted by Gasteiger charge is 2.34. The zero-order valence-electron chi connectivity index (χ0n) is 20.1. The van der Waals surface area contributed by atoms with Crippen molar-refractivity contribution in [1.29, 1.82) is 0 Å². The second-order valence-electron chi connectivity index (χ2n) is 9.53. The summed E-state index contributed by atoms with van der Waals surface area (Å²) in [7, 11) is 0. The van der Waals surface area contributed by atoms with Crippen LogP contribution in [-0.2, 0) is 11.2 Å². The van der Waals surface area contributed by atoms with Crippen LogP contribution in [0.4, 0.5) is 4.39 Å². The van der Waals surface area contributed by atoms with Crippen LogP contribution in [-0.4, -0.2) is 65.3 Å². The molecule has 182 valence electrons. The Bertz CT molecular complexity index is 1210. The van der Waals surface area contributed by atoms with Crippen molar-refractivity contribution in [3.05, 3.63) is 92.9 Å². The number of hydrogen-bond donors (Lipinski definition) is 0. The van der Waals surface area contributed by atoms with Gasteiger partial charge in [0, 0.05) is 42.7 Å². The molecule has 2 amide bonds. The molecule has 3 aromatic rings. The molecule has 1 fully saturated rings. The number of carbonyl (C=O) groups excluding carboxylic acids is 2. The van der Waals surface area contributed by atoms with Crippen LogP contribution in [0.15, 0.2) is 60.0 Å². The Morgan fingerprint density at radius 1 is 1.00 bits per heavy atom. The van der Waals surface area contributed by atoms with Crippen molar-refractivity contribution >= 4 is 23.2 Å². The molecule has 5 nitrogen and oxygen atoms in total. The third-order valence-corrected chi connectivity index (χ3v) is 8.13. The Morgan fingerprint density at radius 2 is 1.74 bits per heavy atom. The average molecular weight is 492 g/mol. The van der Waals surface area contributed by atoms with Gasteiger partial charge >= 0.3 is 0 Å². The summed E-state index contributed by atoms with van der Waals surface area (Å²) < 4.78 is 13.2. The van der Waals surface area contributed by atoms with Gasteiger partial charge in [0.15, 0.2) is 0 Å². The van der Waals surface area contributed by atoms with E-state index in [-0.39, 0.29) is 29.7 Å². The Morgan fingerprint density at radius 3 is 2.46 bits per heavy atom. The van der Waals surface area contributed by atoms with Crippen LogP contribution in [0.5, 0.6) is 0 Å². The number of nitrogens with zero attached hydrogens (tertiary/aromatic N) is 3. The van der Waals surface area contributed by atoms with E-state index in [1.54, 1.807) is 16.2 Å². The van der Waals surface area contributed by atoms with Crippen LogP contribution in [0.3, 0.4) is 0 Å². The number of thiophene rings is 1. The van der Waals surface area contributed by atoms with Crippen molar-refractivity contribution in [1.82, 2.24) is 14.7 Å². The van der Waals surface area contributed by atoms with E-state index in [1.165, 1.54) is 45.8 Å².